The van der Waals surface area contributed by atoms with Crippen LogP contribution in [0.3, 0.4) is 0 Å². The van der Waals surface area contributed by atoms with Crippen molar-refractivity contribution in [2.45, 2.75) is 38.5 Å². The number of allylic oxidation sites excluding steroid dienone is 1. The van der Waals surface area contributed by atoms with Gasteiger partial charge in [-0.25, -0.2) is 0 Å². The van der Waals surface area contributed by atoms with E-state index >= 15 is 0 Å². The standard InChI is InChI=1S/C23H22/c1-3-8-18(9-4-1)14-15-20-12-7-13-21-16-22(17-23(20)21)19-10-5-2-6-11-19/h1,3-4,7-9,12-13,17,19H,2,5-6,10-11,16H2. The first kappa shape index (κ1) is 14.3. The highest BCUT2D eigenvalue weighted by atomic mass is 14.3. The Morgan fingerprint density at radius 2 is 1.61 bits per heavy atom. The summed E-state index contributed by atoms with van der Waals surface area (Å²) >= 11 is 0. The van der Waals surface area contributed by atoms with Gasteiger partial charge >= 0.3 is 0 Å². The highest BCUT2D eigenvalue weighted by molar-refractivity contribution is 5.70. The zero-order valence-corrected chi connectivity index (χ0v) is 13.5. The van der Waals surface area contributed by atoms with Crippen molar-refractivity contribution in [3.63, 3.8) is 0 Å². The Labute approximate surface area is 139 Å². The van der Waals surface area contributed by atoms with Gasteiger partial charge in [-0.05, 0) is 54.5 Å². The summed E-state index contributed by atoms with van der Waals surface area (Å²) in [6.45, 7) is 0. The number of fused-ring (bicyclic) bond motifs is 1. The van der Waals surface area contributed by atoms with Crippen molar-refractivity contribution < 1.29 is 0 Å². The van der Waals surface area contributed by atoms with Crippen molar-refractivity contribution in [1.82, 2.24) is 0 Å². The maximum absolute atomic E-state index is 3.39. The molecule has 0 bridgehead atoms. The lowest BCUT2D eigenvalue weighted by molar-refractivity contribution is 0.401. The summed E-state index contributed by atoms with van der Waals surface area (Å²) in [6.07, 6.45) is 10.6. The number of hydrogen-bond donors (Lipinski definition) is 0. The summed E-state index contributed by atoms with van der Waals surface area (Å²) in [5, 5.41) is 0. The summed E-state index contributed by atoms with van der Waals surface area (Å²) in [4.78, 5) is 0. The van der Waals surface area contributed by atoms with Gasteiger partial charge in [0.25, 0.3) is 0 Å². The van der Waals surface area contributed by atoms with Crippen LogP contribution >= 0.6 is 0 Å². The number of hydrogen-bond acceptors (Lipinski definition) is 0. The molecule has 0 spiro atoms. The Morgan fingerprint density at radius 1 is 0.783 bits per heavy atom. The third kappa shape index (κ3) is 3.10. The lowest BCUT2D eigenvalue weighted by atomic mass is 9.83. The van der Waals surface area contributed by atoms with E-state index in [4.69, 9.17) is 0 Å². The molecule has 2 aliphatic carbocycles. The number of benzene rings is 2. The van der Waals surface area contributed by atoms with Crippen LogP contribution in [0.2, 0.25) is 0 Å². The molecule has 0 amide bonds. The topological polar surface area (TPSA) is 0 Å². The Balaban J connectivity index is 1.63. The second kappa shape index (κ2) is 6.47. The van der Waals surface area contributed by atoms with Crippen molar-refractivity contribution in [3.8, 4) is 11.8 Å². The van der Waals surface area contributed by atoms with E-state index in [0.717, 1.165) is 17.9 Å². The highest BCUT2D eigenvalue weighted by Gasteiger charge is 2.23. The van der Waals surface area contributed by atoms with Crippen LogP contribution < -0.4 is 0 Å². The molecular formula is C23H22. The van der Waals surface area contributed by atoms with E-state index in [-0.39, 0.29) is 0 Å². The molecule has 2 aliphatic rings. The second-order valence-corrected chi connectivity index (χ2v) is 6.73. The molecule has 2 aromatic carbocycles. The molecule has 4 rings (SSSR count). The van der Waals surface area contributed by atoms with Gasteiger partial charge in [-0.3, -0.25) is 0 Å². The van der Waals surface area contributed by atoms with Gasteiger partial charge in [0.05, 0.1) is 0 Å². The first-order valence-electron chi connectivity index (χ1n) is 8.79. The van der Waals surface area contributed by atoms with Gasteiger partial charge in [0.1, 0.15) is 0 Å². The molecule has 1 fully saturated rings. The predicted octanol–water partition coefficient (Wildman–Crippen LogP) is 5.61. The lowest BCUT2D eigenvalue weighted by Gasteiger charge is -2.22. The van der Waals surface area contributed by atoms with Gasteiger partial charge < -0.3 is 0 Å². The van der Waals surface area contributed by atoms with Crippen LogP contribution in [0.15, 0.2) is 54.1 Å². The molecule has 1 saturated carbocycles. The monoisotopic (exact) mass is 298 g/mol. The Kier molecular flexibility index (Phi) is 4.03. The average molecular weight is 298 g/mol. The summed E-state index contributed by atoms with van der Waals surface area (Å²) in [6, 6.07) is 16.8. The zero-order valence-electron chi connectivity index (χ0n) is 13.5. The van der Waals surface area contributed by atoms with Crippen molar-refractivity contribution in [1.29, 1.82) is 0 Å². The molecular weight excluding hydrogens is 276 g/mol. The lowest BCUT2D eigenvalue weighted by Crippen LogP contribution is -2.08. The molecule has 0 aromatic heterocycles. The third-order valence-corrected chi connectivity index (χ3v) is 5.17. The molecule has 0 aliphatic heterocycles. The van der Waals surface area contributed by atoms with Crippen LogP contribution in [0.5, 0.6) is 0 Å². The molecule has 0 atom stereocenters. The fourth-order valence-electron chi connectivity index (χ4n) is 3.90. The zero-order chi connectivity index (χ0) is 15.5. The molecule has 23 heavy (non-hydrogen) atoms. The van der Waals surface area contributed by atoms with Gasteiger partial charge in [0, 0.05) is 11.1 Å². The molecule has 114 valence electrons. The largest absolute Gasteiger partial charge is 0.0622 e. The molecule has 0 heterocycles. The van der Waals surface area contributed by atoms with Crippen molar-refractivity contribution in [2.75, 3.05) is 0 Å². The van der Waals surface area contributed by atoms with Crippen molar-refractivity contribution >= 4 is 6.08 Å². The molecule has 0 unspecified atom stereocenters. The Bertz CT molecular complexity index is 778. The fourth-order valence-corrected chi connectivity index (χ4v) is 3.90. The summed E-state index contributed by atoms with van der Waals surface area (Å²) in [5.41, 5.74) is 6.74. The second-order valence-electron chi connectivity index (χ2n) is 6.73. The van der Waals surface area contributed by atoms with E-state index in [1.54, 1.807) is 5.57 Å². The first-order valence-corrected chi connectivity index (χ1v) is 8.79. The van der Waals surface area contributed by atoms with E-state index < -0.39 is 0 Å². The van der Waals surface area contributed by atoms with E-state index in [1.165, 1.54) is 48.8 Å². The van der Waals surface area contributed by atoms with Crippen molar-refractivity contribution in [2.24, 2.45) is 5.92 Å². The van der Waals surface area contributed by atoms with Crippen LogP contribution in [0, 0.1) is 17.8 Å². The SMILES string of the molecule is C(#Cc1cccc2c1C=C(C1CCCCC1)C2)c1ccccc1. The molecule has 0 nitrogen and oxygen atoms in total. The minimum atomic E-state index is 0.811. The smallest absolute Gasteiger partial charge is 0.0324 e. The maximum atomic E-state index is 3.39. The van der Waals surface area contributed by atoms with Gasteiger partial charge in [0.2, 0.25) is 0 Å². The average Bonchev–Trinajstić information content (AvgIpc) is 3.06. The summed E-state index contributed by atoms with van der Waals surface area (Å²) in [5.74, 6) is 7.51. The normalized spacial score (nSPS) is 17.1. The Morgan fingerprint density at radius 3 is 2.43 bits per heavy atom. The predicted molar refractivity (Wildman–Crippen MR) is 97.1 cm³/mol. The van der Waals surface area contributed by atoms with Gasteiger partial charge in [-0.15, -0.1) is 0 Å². The third-order valence-electron chi connectivity index (χ3n) is 5.17. The molecule has 0 saturated heterocycles. The number of rotatable bonds is 1. The van der Waals surface area contributed by atoms with Crippen molar-refractivity contribution in [3.05, 3.63) is 76.4 Å². The maximum Gasteiger partial charge on any atom is 0.0324 e. The van der Waals surface area contributed by atoms with E-state index in [2.05, 4.69) is 48.2 Å². The van der Waals surface area contributed by atoms with Gasteiger partial charge in [-0.2, -0.15) is 0 Å². The van der Waals surface area contributed by atoms with E-state index in [1.807, 2.05) is 18.2 Å². The minimum Gasteiger partial charge on any atom is -0.0622 e. The van der Waals surface area contributed by atoms with Crippen LogP contribution in [0.4, 0.5) is 0 Å². The van der Waals surface area contributed by atoms with Gasteiger partial charge in [-0.1, -0.05) is 73.1 Å². The minimum absolute atomic E-state index is 0.811. The molecule has 0 radical (unpaired) electrons. The van der Waals surface area contributed by atoms with Gasteiger partial charge in [0.15, 0.2) is 0 Å². The fraction of sp³-hybridized carbons (Fsp3) is 0.304. The molecule has 0 N–H and O–H groups in total. The quantitative estimate of drug-likeness (QED) is 0.601. The highest BCUT2D eigenvalue weighted by Crippen LogP contribution is 2.37. The summed E-state index contributed by atoms with van der Waals surface area (Å²) in [7, 11) is 0. The van der Waals surface area contributed by atoms with Crippen LogP contribution in [-0.2, 0) is 6.42 Å². The van der Waals surface area contributed by atoms with Crippen LogP contribution in [0.1, 0.15) is 54.4 Å². The Hall–Kier alpha value is -2.26. The first-order chi connectivity index (χ1) is 11.4. The molecule has 0 heteroatoms. The molecule has 2 aromatic rings. The van der Waals surface area contributed by atoms with Crippen LogP contribution in [-0.4, -0.2) is 0 Å². The van der Waals surface area contributed by atoms with E-state index in [0.29, 0.717) is 0 Å². The van der Waals surface area contributed by atoms with Crippen LogP contribution in [0.25, 0.3) is 6.08 Å². The summed E-state index contributed by atoms with van der Waals surface area (Å²) < 4.78 is 0. The van der Waals surface area contributed by atoms with E-state index in [9.17, 15) is 0 Å².